The Bertz CT molecular complexity index is 1140. The number of halogens is 1. The van der Waals surface area contributed by atoms with Crippen molar-refractivity contribution < 1.29 is 14.0 Å². The average Bonchev–Trinajstić information content (AvgIpc) is 2.86. The molecule has 0 aromatic heterocycles. The molecule has 1 saturated heterocycles. The first-order valence-corrected chi connectivity index (χ1v) is 11.7. The molecule has 34 heavy (non-hydrogen) atoms. The van der Waals surface area contributed by atoms with Crippen LogP contribution in [0, 0.1) is 18.7 Å². The summed E-state index contributed by atoms with van der Waals surface area (Å²) in [6.07, 6.45) is 1.39. The van der Waals surface area contributed by atoms with Crippen molar-refractivity contribution in [3.63, 3.8) is 0 Å². The number of carbonyl (C=O) groups excluding carboxylic acids is 2. The molecule has 1 aliphatic rings. The number of para-hydroxylation sites is 1. The van der Waals surface area contributed by atoms with Gasteiger partial charge in [-0.25, -0.2) is 4.39 Å². The van der Waals surface area contributed by atoms with Gasteiger partial charge in [-0.05, 0) is 61.7 Å². The zero-order chi connectivity index (χ0) is 23.9. The minimum Gasteiger partial charge on any atom is -0.352 e. The van der Waals surface area contributed by atoms with E-state index < -0.39 is 0 Å². The van der Waals surface area contributed by atoms with E-state index in [1.54, 1.807) is 13.0 Å². The smallest absolute Gasteiger partial charge is 0.238 e. The molecule has 6 heteroatoms. The molecule has 4 rings (SSSR count). The van der Waals surface area contributed by atoms with E-state index in [9.17, 15) is 14.0 Å². The number of anilines is 1. The summed E-state index contributed by atoms with van der Waals surface area (Å²) in [5.74, 6) is -0.423. The highest BCUT2D eigenvalue weighted by atomic mass is 19.1. The van der Waals surface area contributed by atoms with Crippen LogP contribution in [-0.2, 0) is 16.1 Å². The molecule has 176 valence electrons. The Balaban J connectivity index is 1.25. The third-order valence-electron chi connectivity index (χ3n) is 6.31. The molecule has 0 bridgehead atoms. The molecule has 3 aromatic rings. The number of benzene rings is 3. The molecule has 0 unspecified atom stereocenters. The number of carbonyl (C=O) groups is 2. The molecular formula is C28H30FN3O2. The van der Waals surface area contributed by atoms with Gasteiger partial charge >= 0.3 is 0 Å². The number of likely N-dealkylation sites (tertiary alicyclic amines) is 1. The van der Waals surface area contributed by atoms with Gasteiger partial charge in [0.15, 0.2) is 0 Å². The fraction of sp³-hybridized carbons (Fsp3) is 0.286. The Labute approximate surface area is 200 Å². The van der Waals surface area contributed by atoms with Gasteiger partial charge in [-0.3, -0.25) is 14.5 Å². The first-order chi connectivity index (χ1) is 16.5. The van der Waals surface area contributed by atoms with E-state index in [1.165, 1.54) is 6.07 Å². The van der Waals surface area contributed by atoms with E-state index in [1.807, 2.05) is 60.7 Å². The third-order valence-corrected chi connectivity index (χ3v) is 6.31. The van der Waals surface area contributed by atoms with Crippen LogP contribution in [0.15, 0.2) is 72.8 Å². The van der Waals surface area contributed by atoms with Crippen LogP contribution in [0.2, 0.25) is 0 Å². The number of hydrogen-bond donors (Lipinski definition) is 2. The van der Waals surface area contributed by atoms with Gasteiger partial charge in [0, 0.05) is 23.7 Å². The monoisotopic (exact) mass is 459 g/mol. The lowest BCUT2D eigenvalue weighted by Gasteiger charge is -2.30. The minimum atomic E-state index is -0.260. The molecule has 1 aliphatic heterocycles. The van der Waals surface area contributed by atoms with Crippen LogP contribution in [0.4, 0.5) is 10.1 Å². The first kappa shape index (κ1) is 23.6. The molecule has 2 N–H and O–H groups in total. The van der Waals surface area contributed by atoms with Gasteiger partial charge in [-0.15, -0.1) is 0 Å². The number of rotatable bonds is 7. The fourth-order valence-corrected chi connectivity index (χ4v) is 4.29. The maximum Gasteiger partial charge on any atom is 0.238 e. The van der Waals surface area contributed by atoms with Crippen molar-refractivity contribution in [2.24, 2.45) is 5.92 Å². The predicted molar refractivity (Wildman–Crippen MR) is 133 cm³/mol. The quantitative estimate of drug-likeness (QED) is 0.535. The van der Waals surface area contributed by atoms with Gasteiger partial charge in [0.1, 0.15) is 5.82 Å². The molecule has 3 aromatic carbocycles. The molecule has 0 spiro atoms. The average molecular weight is 460 g/mol. The Morgan fingerprint density at radius 1 is 0.971 bits per heavy atom. The number of nitrogens with one attached hydrogen (secondary N) is 2. The summed E-state index contributed by atoms with van der Waals surface area (Å²) in [6, 6.07) is 22.8. The zero-order valence-corrected chi connectivity index (χ0v) is 19.4. The number of amides is 2. The van der Waals surface area contributed by atoms with Crippen molar-refractivity contribution in [2.45, 2.75) is 26.3 Å². The highest BCUT2D eigenvalue weighted by Crippen LogP contribution is 2.27. The Morgan fingerprint density at radius 2 is 1.68 bits per heavy atom. The number of aryl methyl sites for hydroxylation is 1. The lowest BCUT2D eigenvalue weighted by molar-refractivity contribution is -0.126. The van der Waals surface area contributed by atoms with Crippen molar-refractivity contribution in [2.75, 3.05) is 25.0 Å². The van der Waals surface area contributed by atoms with E-state index >= 15 is 0 Å². The van der Waals surface area contributed by atoms with Crippen LogP contribution in [0.3, 0.4) is 0 Å². The summed E-state index contributed by atoms with van der Waals surface area (Å²) in [5.41, 5.74) is 4.18. The van der Waals surface area contributed by atoms with Gasteiger partial charge in [0.25, 0.3) is 0 Å². The summed E-state index contributed by atoms with van der Waals surface area (Å²) in [7, 11) is 0. The van der Waals surface area contributed by atoms with Crippen molar-refractivity contribution in [3.8, 4) is 11.1 Å². The fourth-order valence-electron chi connectivity index (χ4n) is 4.29. The second-order valence-electron chi connectivity index (χ2n) is 8.81. The molecule has 0 aliphatic carbocycles. The Kier molecular flexibility index (Phi) is 7.70. The largest absolute Gasteiger partial charge is 0.352 e. The molecular weight excluding hydrogens is 429 g/mol. The van der Waals surface area contributed by atoms with Crippen LogP contribution in [0.5, 0.6) is 0 Å². The van der Waals surface area contributed by atoms with Crippen LogP contribution in [-0.4, -0.2) is 36.3 Å². The van der Waals surface area contributed by atoms with E-state index in [4.69, 9.17) is 0 Å². The van der Waals surface area contributed by atoms with E-state index in [0.29, 0.717) is 44.6 Å². The van der Waals surface area contributed by atoms with Gasteiger partial charge in [-0.1, -0.05) is 60.7 Å². The van der Waals surface area contributed by atoms with Crippen LogP contribution in [0.1, 0.15) is 24.0 Å². The minimum absolute atomic E-state index is 0.0122. The molecule has 5 nitrogen and oxygen atoms in total. The SMILES string of the molecule is Cc1ccc(CNC(=O)C2CCN(CC(=O)Nc3ccccc3-c3ccccc3)CC2)cc1F. The molecule has 0 saturated carbocycles. The molecule has 2 amide bonds. The second-order valence-corrected chi connectivity index (χ2v) is 8.81. The van der Waals surface area contributed by atoms with E-state index in [2.05, 4.69) is 15.5 Å². The topological polar surface area (TPSA) is 61.4 Å². The van der Waals surface area contributed by atoms with Gasteiger partial charge in [0.2, 0.25) is 11.8 Å². The lowest BCUT2D eigenvalue weighted by atomic mass is 9.95. The standard InChI is InChI=1S/C28H30FN3O2/c1-20-11-12-21(17-25(20)29)18-30-28(34)23-13-15-32(16-14-23)19-27(33)31-26-10-6-5-9-24(26)22-7-3-2-4-8-22/h2-12,17,23H,13-16,18-19H2,1H3,(H,30,34)(H,31,33). The van der Waals surface area contributed by atoms with Crippen molar-refractivity contribution in [1.82, 2.24) is 10.2 Å². The zero-order valence-electron chi connectivity index (χ0n) is 19.4. The Hall–Kier alpha value is -3.51. The summed E-state index contributed by atoms with van der Waals surface area (Å²) in [6.45, 7) is 3.70. The highest BCUT2D eigenvalue weighted by molar-refractivity contribution is 5.96. The van der Waals surface area contributed by atoms with E-state index in [-0.39, 0.29) is 23.5 Å². The van der Waals surface area contributed by atoms with Crippen molar-refractivity contribution in [3.05, 3.63) is 89.7 Å². The van der Waals surface area contributed by atoms with Crippen LogP contribution in [0.25, 0.3) is 11.1 Å². The molecule has 0 atom stereocenters. The predicted octanol–water partition coefficient (Wildman–Crippen LogP) is 4.77. The van der Waals surface area contributed by atoms with Crippen molar-refractivity contribution >= 4 is 17.5 Å². The van der Waals surface area contributed by atoms with Crippen LogP contribution < -0.4 is 10.6 Å². The normalized spacial score (nSPS) is 14.5. The summed E-state index contributed by atoms with van der Waals surface area (Å²) in [5, 5.41) is 5.97. The second kappa shape index (κ2) is 11.1. The molecule has 0 radical (unpaired) electrons. The number of piperidine rings is 1. The van der Waals surface area contributed by atoms with Gasteiger partial charge < -0.3 is 10.6 Å². The first-order valence-electron chi connectivity index (χ1n) is 11.7. The lowest BCUT2D eigenvalue weighted by Crippen LogP contribution is -2.43. The molecule has 1 fully saturated rings. The summed E-state index contributed by atoms with van der Waals surface area (Å²) in [4.78, 5) is 27.4. The van der Waals surface area contributed by atoms with Gasteiger partial charge in [0.05, 0.1) is 6.54 Å². The maximum atomic E-state index is 13.7. The van der Waals surface area contributed by atoms with Crippen molar-refractivity contribution in [1.29, 1.82) is 0 Å². The maximum absolute atomic E-state index is 13.7. The summed E-state index contributed by atoms with van der Waals surface area (Å²) >= 11 is 0. The van der Waals surface area contributed by atoms with E-state index in [0.717, 1.165) is 22.4 Å². The van der Waals surface area contributed by atoms with Gasteiger partial charge in [-0.2, -0.15) is 0 Å². The number of hydrogen-bond acceptors (Lipinski definition) is 3. The number of nitrogens with zero attached hydrogens (tertiary/aromatic N) is 1. The highest BCUT2D eigenvalue weighted by Gasteiger charge is 2.26. The molecule has 1 heterocycles. The third kappa shape index (κ3) is 6.08. The summed E-state index contributed by atoms with van der Waals surface area (Å²) < 4.78 is 13.7. The van der Waals surface area contributed by atoms with Crippen LogP contribution >= 0.6 is 0 Å². The Morgan fingerprint density at radius 3 is 2.41 bits per heavy atom.